The smallest absolute Gasteiger partial charge is 0.388 e. The van der Waals surface area contributed by atoms with Crippen molar-refractivity contribution in [2.45, 2.75) is 69.7 Å². The predicted octanol–water partition coefficient (Wildman–Crippen LogP) is 9.90. The Morgan fingerprint density at radius 3 is 1.79 bits per heavy atom. The molecule has 10 heteroatoms. The molecule has 0 aromatic heterocycles. The molecule has 0 heterocycles. The molecule has 2 atom stereocenters. The van der Waals surface area contributed by atoms with E-state index in [0.717, 1.165) is 57.7 Å². The highest BCUT2D eigenvalue weighted by molar-refractivity contribution is 9.10. The Hall–Kier alpha value is -1.88. The fraction of sp³-hybridized carbons (Fsp3) is 0.379. The molecule has 3 aromatic rings. The van der Waals surface area contributed by atoms with Crippen molar-refractivity contribution >= 4 is 31.9 Å². The van der Waals surface area contributed by atoms with Gasteiger partial charge in [0.25, 0.3) is 0 Å². The number of fused-ring (bicyclic) bond motifs is 2. The minimum Gasteiger partial charge on any atom is -0.388 e. The summed E-state index contributed by atoms with van der Waals surface area (Å²) in [6, 6.07) is 13.3. The summed E-state index contributed by atoms with van der Waals surface area (Å²) in [7, 11) is 0. The molecule has 0 fully saturated rings. The molecular formula is C29H26Br2F6O2. The molecule has 3 aromatic carbocycles. The molecule has 2 aliphatic carbocycles. The lowest BCUT2D eigenvalue weighted by Crippen LogP contribution is -2.15. The molecule has 1 N–H and O–H groups in total. The van der Waals surface area contributed by atoms with Crippen molar-refractivity contribution in [3.63, 3.8) is 0 Å². The minimum atomic E-state index is -4.86. The lowest BCUT2D eigenvalue weighted by molar-refractivity contribution is -0.143. The van der Waals surface area contributed by atoms with Crippen LogP contribution in [0.25, 0.3) is 0 Å². The molecule has 210 valence electrons. The van der Waals surface area contributed by atoms with E-state index in [2.05, 4.69) is 37.9 Å². The van der Waals surface area contributed by atoms with Gasteiger partial charge in [0.15, 0.2) is 0 Å². The van der Waals surface area contributed by atoms with Gasteiger partial charge in [0.05, 0.1) is 29.9 Å². The third-order valence-corrected chi connectivity index (χ3v) is 7.84. The van der Waals surface area contributed by atoms with E-state index < -0.39 is 23.5 Å². The first-order chi connectivity index (χ1) is 18.3. The molecule has 0 aliphatic heterocycles. The molecular weight excluding hydrogens is 654 g/mol. The number of halogens is 8. The zero-order valence-corrected chi connectivity index (χ0v) is 23.9. The number of ether oxygens (including phenoxy) is 1. The van der Waals surface area contributed by atoms with E-state index in [0.29, 0.717) is 18.6 Å². The van der Waals surface area contributed by atoms with Gasteiger partial charge >= 0.3 is 12.4 Å². The van der Waals surface area contributed by atoms with Gasteiger partial charge in [-0.2, -0.15) is 26.3 Å². The van der Waals surface area contributed by atoms with E-state index >= 15 is 0 Å². The monoisotopic (exact) mass is 678 g/mol. The molecule has 2 unspecified atom stereocenters. The summed E-state index contributed by atoms with van der Waals surface area (Å²) in [6.07, 6.45) is -4.84. The molecule has 5 rings (SSSR count). The number of aliphatic hydroxyl groups is 1. The van der Waals surface area contributed by atoms with Crippen LogP contribution in [-0.4, -0.2) is 5.11 Å². The molecule has 0 spiro atoms. The second kappa shape index (κ2) is 12.3. The highest BCUT2D eigenvalue weighted by Gasteiger charge is 2.37. The third kappa shape index (κ3) is 7.86. The second-order valence-electron chi connectivity index (χ2n) is 9.70. The normalized spacial score (nSPS) is 19.0. The van der Waals surface area contributed by atoms with Crippen LogP contribution in [0.3, 0.4) is 0 Å². The van der Waals surface area contributed by atoms with Crippen molar-refractivity contribution in [2.75, 3.05) is 0 Å². The van der Waals surface area contributed by atoms with Crippen LogP contribution in [0.5, 0.6) is 0 Å². The quantitative estimate of drug-likeness (QED) is 0.279. The second-order valence-corrected chi connectivity index (χ2v) is 11.5. The van der Waals surface area contributed by atoms with Gasteiger partial charge in [-0.25, -0.2) is 0 Å². The Labute approximate surface area is 239 Å². The zero-order valence-electron chi connectivity index (χ0n) is 20.7. The van der Waals surface area contributed by atoms with Crippen molar-refractivity contribution in [1.82, 2.24) is 0 Å². The van der Waals surface area contributed by atoms with Gasteiger partial charge < -0.3 is 9.84 Å². The molecule has 0 saturated carbocycles. The van der Waals surface area contributed by atoms with Crippen molar-refractivity contribution in [3.8, 4) is 0 Å². The maximum absolute atomic E-state index is 13.0. The number of alkyl halides is 6. The lowest BCUT2D eigenvalue weighted by Gasteiger charge is -2.26. The Morgan fingerprint density at radius 2 is 1.23 bits per heavy atom. The molecule has 0 saturated heterocycles. The Bertz CT molecular complexity index is 1270. The fourth-order valence-corrected chi connectivity index (χ4v) is 5.79. The summed E-state index contributed by atoms with van der Waals surface area (Å²) in [5.74, 6) is 0. The number of hydrogen-bond donors (Lipinski definition) is 1. The summed E-state index contributed by atoms with van der Waals surface area (Å²) in [5.41, 5.74) is 1.59. The van der Waals surface area contributed by atoms with Crippen LogP contribution in [0.4, 0.5) is 26.3 Å². The van der Waals surface area contributed by atoms with E-state index in [9.17, 15) is 31.4 Å². The first kappa shape index (κ1) is 30.1. The number of hydrogen-bond acceptors (Lipinski definition) is 2. The summed E-state index contributed by atoms with van der Waals surface area (Å²) >= 11 is 6.81. The highest BCUT2D eigenvalue weighted by atomic mass is 79.9. The van der Waals surface area contributed by atoms with Crippen molar-refractivity contribution in [3.05, 3.63) is 102 Å². The average molecular weight is 680 g/mol. The van der Waals surface area contributed by atoms with Crippen molar-refractivity contribution in [1.29, 1.82) is 0 Å². The molecule has 0 radical (unpaired) electrons. The van der Waals surface area contributed by atoms with Crippen LogP contribution in [0.2, 0.25) is 0 Å². The first-order valence-electron chi connectivity index (χ1n) is 12.5. The van der Waals surface area contributed by atoms with E-state index in [1.165, 1.54) is 5.56 Å². The van der Waals surface area contributed by atoms with Crippen LogP contribution in [0.1, 0.15) is 76.8 Å². The van der Waals surface area contributed by atoms with Gasteiger partial charge in [0, 0.05) is 8.95 Å². The van der Waals surface area contributed by atoms with Gasteiger partial charge in [-0.15, -0.1) is 0 Å². The maximum atomic E-state index is 13.0. The van der Waals surface area contributed by atoms with Crippen LogP contribution in [0, 0.1) is 0 Å². The van der Waals surface area contributed by atoms with E-state index in [-0.39, 0.29) is 30.4 Å². The molecule has 39 heavy (non-hydrogen) atoms. The van der Waals surface area contributed by atoms with Crippen LogP contribution in [-0.2, 0) is 36.5 Å². The lowest BCUT2D eigenvalue weighted by atomic mass is 9.89. The number of aryl methyl sites for hydroxylation is 2. The van der Waals surface area contributed by atoms with E-state index in [4.69, 9.17) is 4.74 Å². The summed E-state index contributed by atoms with van der Waals surface area (Å²) in [6.45, 7) is -0.326. The first-order valence-corrected chi connectivity index (χ1v) is 14.0. The predicted molar refractivity (Wildman–Crippen MR) is 143 cm³/mol. The summed E-state index contributed by atoms with van der Waals surface area (Å²) in [4.78, 5) is 0. The zero-order chi connectivity index (χ0) is 28.4. The third-order valence-electron chi connectivity index (χ3n) is 6.85. The number of aliphatic hydroxyl groups excluding tert-OH is 1. The molecule has 2 aliphatic rings. The van der Waals surface area contributed by atoms with E-state index in [1.807, 2.05) is 30.3 Å². The molecule has 0 bridgehead atoms. The van der Waals surface area contributed by atoms with Crippen molar-refractivity contribution in [2.24, 2.45) is 0 Å². The van der Waals surface area contributed by atoms with Gasteiger partial charge in [-0.1, -0.05) is 44.0 Å². The van der Waals surface area contributed by atoms with Gasteiger partial charge in [0.2, 0.25) is 0 Å². The standard InChI is InChI=1S/C19H15BrF6O.C10H11BrO/c20-15-4-5-16-12(8-15)2-1-3-17(16)27-10-11-6-13(18(21,22)23)9-14(7-11)19(24,25)26;11-8-4-5-9-7(6-8)2-1-3-10(9)12/h4-9,17H,1-3,10H2;4-6,10,12H,1-3H2. The van der Waals surface area contributed by atoms with Crippen LogP contribution in [0.15, 0.2) is 63.5 Å². The SMILES string of the molecule is FC(F)(F)c1cc(COC2CCCc3cc(Br)ccc32)cc(C(F)(F)F)c1.OC1CCCc2cc(Br)ccc21. The number of rotatable bonds is 3. The van der Waals surface area contributed by atoms with Gasteiger partial charge in [-0.05, 0) is 109 Å². The van der Waals surface area contributed by atoms with Gasteiger partial charge in [-0.3, -0.25) is 0 Å². The van der Waals surface area contributed by atoms with Crippen LogP contribution >= 0.6 is 31.9 Å². The average Bonchev–Trinajstić information content (AvgIpc) is 2.86. The Kier molecular flexibility index (Phi) is 9.51. The molecule has 2 nitrogen and oxygen atoms in total. The largest absolute Gasteiger partial charge is 0.416 e. The van der Waals surface area contributed by atoms with Crippen molar-refractivity contribution < 1.29 is 36.2 Å². The fourth-order valence-electron chi connectivity index (χ4n) is 4.97. The topological polar surface area (TPSA) is 29.5 Å². The minimum absolute atomic E-state index is 0.122. The highest BCUT2D eigenvalue weighted by Crippen LogP contribution is 2.38. The van der Waals surface area contributed by atoms with Gasteiger partial charge in [0.1, 0.15) is 0 Å². The van der Waals surface area contributed by atoms with Crippen LogP contribution < -0.4 is 0 Å². The van der Waals surface area contributed by atoms with E-state index in [1.54, 1.807) is 0 Å². The molecule has 0 amide bonds. The Morgan fingerprint density at radius 1 is 0.718 bits per heavy atom. The Balaban J connectivity index is 0.000000243. The summed E-state index contributed by atoms with van der Waals surface area (Å²) in [5, 5.41) is 9.64. The number of benzene rings is 3. The maximum Gasteiger partial charge on any atom is 0.416 e. The summed E-state index contributed by atoms with van der Waals surface area (Å²) < 4.78 is 85.5.